The number of hydrogen-bond acceptors (Lipinski definition) is 5. The van der Waals surface area contributed by atoms with E-state index >= 15 is 0 Å². The number of nitrogens with zero attached hydrogens (tertiary/aromatic N) is 1. The summed E-state index contributed by atoms with van der Waals surface area (Å²) in [6, 6.07) is 0. The number of aliphatic hydroxyl groups is 1. The Kier molecular flexibility index (Phi) is 6.64. The van der Waals surface area contributed by atoms with Crippen molar-refractivity contribution in [2.45, 2.75) is 24.6 Å². The molecule has 0 saturated heterocycles. The lowest BCUT2D eigenvalue weighted by Gasteiger charge is -2.36. The van der Waals surface area contributed by atoms with Gasteiger partial charge in [0.25, 0.3) is 10.1 Å². The van der Waals surface area contributed by atoms with Crippen LogP contribution in [0.3, 0.4) is 0 Å². The lowest BCUT2D eigenvalue weighted by molar-refractivity contribution is -0.117. The first-order valence-electron chi connectivity index (χ1n) is 5.77. The van der Waals surface area contributed by atoms with E-state index in [1.807, 2.05) is 0 Å². The molecule has 1 amide bonds. The molecule has 0 rings (SSSR count). The van der Waals surface area contributed by atoms with Crippen LogP contribution in [0.15, 0.2) is 12.2 Å². The first-order chi connectivity index (χ1) is 8.58. The van der Waals surface area contributed by atoms with E-state index in [0.29, 0.717) is 0 Å². The molecule has 1 unspecified atom stereocenters. The number of nitrogens with one attached hydrogen (secondary N) is 1. The summed E-state index contributed by atoms with van der Waals surface area (Å²) in [6.45, 7) is 4.45. The van der Waals surface area contributed by atoms with Gasteiger partial charge in [-0.25, -0.2) is 0 Å². The van der Waals surface area contributed by atoms with Crippen molar-refractivity contribution in [3.63, 3.8) is 0 Å². The molecule has 19 heavy (non-hydrogen) atoms. The van der Waals surface area contributed by atoms with Crippen molar-refractivity contribution < 1.29 is 22.9 Å². The Morgan fingerprint density at radius 2 is 1.95 bits per heavy atom. The van der Waals surface area contributed by atoms with Gasteiger partial charge in [-0.3, -0.25) is 14.2 Å². The molecule has 0 aliphatic heterocycles. The van der Waals surface area contributed by atoms with Gasteiger partial charge in [0.15, 0.2) is 4.87 Å². The smallest absolute Gasteiger partial charge is 0.286 e. The molecular weight excluding hydrogens is 272 g/mol. The van der Waals surface area contributed by atoms with Crippen molar-refractivity contribution in [2.75, 3.05) is 27.2 Å². The average Bonchev–Trinajstić information content (AvgIpc) is 2.26. The standard InChI is InChI=1S/C11H22N2O5S/c1-9(2)10(15)12-8-11(13(3)4,6-5-7-14)19(16,17)18/h14H,1,5-8H2,2-4H3,(H,12,15)(H,16,17,18). The second-order valence-corrected chi connectivity index (χ2v) is 6.32. The van der Waals surface area contributed by atoms with Crippen LogP contribution in [0.25, 0.3) is 0 Å². The second kappa shape index (κ2) is 6.99. The van der Waals surface area contributed by atoms with Crippen LogP contribution in [0.2, 0.25) is 0 Å². The maximum Gasteiger partial charge on any atom is 0.286 e. The van der Waals surface area contributed by atoms with Crippen LogP contribution in [0.1, 0.15) is 19.8 Å². The fourth-order valence-electron chi connectivity index (χ4n) is 1.65. The lowest BCUT2D eigenvalue weighted by Crippen LogP contribution is -2.58. The Hall–Kier alpha value is -0.960. The molecule has 0 heterocycles. The van der Waals surface area contributed by atoms with Crippen molar-refractivity contribution >= 4 is 16.0 Å². The van der Waals surface area contributed by atoms with Crippen LogP contribution in [-0.2, 0) is 14.9 Å². The highest BCUT2D eigenvalue weighted by Gasteiger charge is 2.45. The van der Waals surface area contributed by atoms with Gasteiger partial charge in [-0.1, -0.05) is 6.58 Å². The highest BCUT2D eigenvalue weighted by atomic mass is 32.2. The molecule has 0 fully saturated rings. The topological polar surface area (TPSA) is 107 Å². The molecular formula is C11H22N2O5S. The SMILES string of the molecule is C=C(C)C(=O)NCC(CCCO)(N(C)C)S(=O)(=O)O. The van der Waals surface area contributed by atoms with Gasteiger partial charge < -0.3 is 10.4 Å². The minimum Gasteiger partial charge on any atom is -0.396 e. The Morgan fingerprint density at radius 1 is 1.42 bits per heavy atom. The Balaban J connectivity index is 5.24. The largest absolute Gasteiger partial charge is 0.396 e. The maximum atomic E-state index is 11.6. The molecule has 0 aromatic rings. The van der Waals surface area contributed by atoms with Crippen LogP contribution < -0.4 is 5.32 Å². The minimum absolute atomic E-state index is 0.00813. The zero-order valence-corrected chi connectivity index (χ0v) is 12.3. The van der Waals surface area contributed by atoms with Crippen molar-refractivity contribution in [1.82, 2.24) is 10.2 Å². The van der Waals surface area contributed by atoms with Crippen molar-refractivity contribution in [1.29, 1.82) is 0 Å². The van der Waals surface area contributed by atoms with Crippen molar-refractivity contribution in [2.24, 2.45) is 0 Å². The molecule has 7 nitrogen and oxygen atoms in total. The van der Waals surface area contributed by atoms with Crippen LogP contribution in [-0.4, -0.2) is 61.0 Å². The third kappa shape index (κ3) is 4.57. The highest BCUT2D eigenvalue weighted by Crippen LogP contribution is 2.24. The summed E-state index contributed by atoms with van der Waals surface area (Å²) in [7, 11) is -1.48. The van der Waals surface area contributed by atoms with E-state index < -0.39 is 20.9 Å². The highest BCUT2D eigenvalue weighted by molar-refractivity contribution is 7.87. The fraction of sp³-hybridized carbons (Fsp3) is 0.727. The maximum absolute atomic E-state index is 11.6. The zero-order valence-electron chi connectivity index (χ0n) is 11.5. The molecule has 0 bridgehead atoms. The van der Waals surface area contributed by atoms with Gasteiger partial charge in [0, 0.05) is 12.2 Å². The Morgan fingerprint density at radius 3 is 2.26 bits per heavy atom. The van der Waals surface area contributed by atoms with Crippen LogP contribution >= 0.6 is 0 Å². The van der Waals surface area contributed by atoms with Gasteiger partial charge in [0.05, 0.1) is 6.54 Å². The number of carbonyl (C=O) groups is 1. The molecule has 0 aromatic heterocycles. The average molecular weight is 294 g/mol. The molecule has 0 aliphatic rings. The normalized spacial score (nSPS) is 15.1. The molecule has 0 aromatic carbocycles. The minimum atomic E-state index is -4.45. The van der Waals surface area contributed by atoms with Gasteiger partial charge in [-0.2, -0.15) is 8.42 Å². The molecule has 112 valence electrons. The molecule has 0 saturated carbocycles. The first kappa shape index (κ1) is 18.0. The summed E-state index contributed by atoms with van der Waals surface area (Å²) in [4.78, 5) is 11.1. The molecule has 3 N–H and O–H groups in total. The van der Waals surface area contributed by atoms with E-state index in [4.69, 9.17) is 5.11 Å². The third-order valence-electron chi connectivity index (χ3n) is 2.93. The number of carbonyl (C=O) groups excluding carboxylic acids is 1. The van der Waals surface area contributed by atoms with Crippen LogP contribution in [0, 0.1) is 0 Å². The summed E-state index contributed by atoms with van der Waals surface area (Å²) in [5.41, 5.74) is 0.241. The van der Waals surface area contributed by atoms with E-state index in [9.17, 15) is 17.8 Å². The number of hydrogen-bond donors (Lipinski definition) is 3. The monoisotopic (exact) mass is 294 g/mol. The second-order valence-electron chi connectivity index (χ2n) is 4.61. The van der Waals surface area contributed by atoms with E-state index in [1.54, 1.807) is 0 Å². The summed E-state index contributed by atoms with van der Waals surface area (Å²) < 4.78 is 32.7. The number of likely N-dealkylation sites (N-methyl/N-ethyl adjacent to an activating group) is 1. The third-order valence-corrected chi connectivity index (χ3v) is 4.61. The number of amides is 1. The van der Waals surface area contributed by atoms with E-state index in [0.717, 1.165) is 0 Å². The first-order valence-corrected chi connectivity index (χ1v) is 7.21. The Bertz CT molecular complexity index is 432. The van der Waals surface area contributed by atoms with Gasteiger partial charge in [0.1, 0.15) is 0 Å². The fourth-order valence-corrected chi connectivity index (χ4v) is 2.76. The molecule has 8 heteroatoms. The van der Waals surface area contributed by atoms with Crippen molar-refractivity contribution in [3.8, 4) is 0 Å². The summed E-state index contributed by atoms with van der Waals surface area (Å²) >= 11 is 0. The summed E-state index contributed by atoms with van der Waals surface area (Å²) in [5, 5.41) is 11.3. The molecule has 0 aliphatic carbocycles. The molecule has 0 spiro atoms. The predicted molar refractivity (Wildman–Crippen MR) is 72.1 cm³/mol. The quantitative estimate of drug-likeness (QED) is 0.415. The van der Waals surface area contributed by atoms with Crippen molar-refractivity contribution in [3.05, 3.63) is 12.2 Å². The van der Waals surface area contributed by atoms with Gasteiger partial charge in [-0.05, 0) is 33.9 Å². The van der Waals surface area contributed by atoms with E-state index in [1.165, 1.54) is 25.9 Å². The van der Waals surface area contributed by atoms with Gasteiger partial charge in [-0.15, -0.1) is 0 Å². The number of rotatable bonds is 8. The predicted octanol–water partition coefficient (Wildman–Crippen LogP) is -0.403. The van der Waals surface area contributed by atoms with E-state index in [2.05, 4.69) is 11.9 Å². The summed E-state index contributed by atoms with van der Waals surface area (Å²) in [6.07, 6.45) is 0.173. The van der Waals surface area contributed by atoms with E-state index in [-0.39, 0.29) is 31.6 Å². The molecule has 1 atom stereocenters. The van der Waals surface area contributed by atoms with Gasteiger partial charge in [0.2, 0.25) is 5.91 Å². The molecule has 0 radical (unpaired) electrons. The van der Waals surface area contributed by atoms with Gasteiger partial charge >= 0.3 is 0 Å². The lowest BCUT2D eigenvalue weighted by atomic mass is 10.1. The van der Waals surface area contributed by atoms with Crippen LogP contribution in [0.5, 0.6) is 0 Å². The number of aliphatic hydroxyl groups excluding tert-OH is 1. The van der Waals surface area contributed by atoms with Crippen LogP contribution in [0.4, 0.5) is 0 Å². The zero-order chi connectivity index (χ0) is 15.3. The Labute approximate surface area is 114 Å². The summed E-state index contributed by atoms with van der Waals surface area (Å²) in [5.74, 6) is -0.487.